The zero-order valence-electron chi connectivity index (χ0n) is 11.9. The zero-order valence-corrected chi connectivity index (χ0v) is 11.9. The second kappa shape index (κ2) is 5.41. The first-order valence-electron chi connectivity index (χ1n) is 7.13. The molecule has 1 aromatic carbocycles. The van der Waals surface area contributed by atoms with Crippen LogP contribution in [0.3, 0.4) is 0 Å². The van der Waals surface area contributed by atoms with Crippen LogP contribution < -0.4 is 11.3 Å². The van der Waals surface area contributed by atoms with E-state index in [0.717, 1.165) is 0 Å². The van der Waals surface area contributed by atoms with Crippen LogP contribution in [0.4, 0.5) is 0 Å². The molecule has 1 aliphatic rings. The summed E-state index contributed by atoms with van der Waals surface area (Å²) in [6, 6.07) is 9.24. The Morgan fingerprint density at radius 3 is 2.00 bits per heavy atom. The maximum atomic E-state index is 5.82. The van der Waals surface area contributed by atoms with E-state index < -0.39 is 0 Å². The fraction of sp³-hybridized carbons (Fsp3) is 0.625. The lowest BCUT2D eigenvalue weighted by Crippen LogP contribution is -2.38. The van der Waals surface area contributed by atoms with E-state index in [-0.39, 0.29) is 6.04 Å². The lowest BCUT2D eigenvalue weighted by Gasteiger charge is -2.34. The first-order valence-corrected chi connectivity index (χ1v) is 7.13. The van der Waals surface area contributed by atoms with E-state index in [4.69, 9.17) is 5.84 Å². The highest BCUT2D eigenvalue weighted by Crippen LogP contribution is 2.46. The molecular weight excluding hydrogens is 220 g/mol. The van der Waals surface area contributed by atoms with Crippen LogP contribution in [0.25, 0.3) is 0 Å². The maximum absolute atomic E-state index is 5.82. The summed E-state index contributed by atoms with van der Waals surface area (Å²) >= 11 is 0. The largest absolute Gasteiger partial charge is 0.271 e. The summed E-state index contributed by atoms with van der Waals surface area (Å²) in [5.41, 5.74) is 6.08. The predicted octanol–water partition coefficient (Wildman–Crippen LogP) is 3.89. The Bertz CT molecular complexity index is 375. The van der Waals surface area contributed by atoms with Crippen molar-refractivity contribution in [2.75, 3.05) is 0 Å². The lowest BCUT2D eigenvalue weighted by atomic mass is 9.77. The Morgan fingerprint density at radius 1 is 1.06 bits per heavy atom. The summed E-state index contributed by atoms with van der Waals surface area (Å²) < 4.78 is 0. The molecule has 3 N–H and O–H groups in total. The number of hydrogen-bond donors (Lipinski definition) is 2. The average molecular weight is 246 g/mol. The monoisotopic (exact) mass is 246 g/mol. The normalized spacial score (nSPS) is 20.3. The molecule has 2 heteroatoms. The molecule has 1 saturated carbocycles. The SMILES string of the molecule is CC(C)c1ccc(C(NN)C2(C)CCCC2)cc1. The fourth-order valence-electron chi connectivity index (χ4n) is 3.24. The van der Waals surface area contributed by atoms with Crippen molar-refractivity contribution >= 4 is 0 Å². The second-order valence-corrected chi connectivity index (χ2v) is 6.28. The van der Waals surface area contributed by atoms with Gasteiger partial charge in [-0.15, -0.1) is 0 Å². The van der Waals surface area contributed by atoms with Crippen LogP contribution in [0.2, 0.25) is 0 Å². The molecule has 0 aromatic heterocycles. The third-order valence-electron chi connectivity index (χ3n) is 4.55. The van der Waals surface area contributed by atoms with Crippen molar-refractivity contribution in [2.24, 2.45) is 11.3 Å². The molecule has 2 nitrogen and oxygen atoms in total. The van der Waals surface area contributed by atoms with Crippen molar-refractivity contribution in [3.05, 3.63) is 35.4 Å². The molecule has 0 aliphatic heterocycles. The molecule has 1 aliphatic carbocycles. The van der Waals surface area contributed by atoms with E-state index in [1.807, 2.05) is 0 Å². The number of nitrogens with one attached hydrogen (secondary N) is 1. The zero-order chi connectivity index (χ0) is 13.2. The first kappa shape index (κ1) is 13.6. The van der Waals surface area contributed by atoms with Gasteiger partial charge >= 0.3 is 0 Å². The van der Waals surface area contributed by atoms with Crippen LogP contribution in [0.5, 0.6) is 0 Å². The Balaban J connectivity index is 2.22. The van der Waals surface area contributed by atoms with Gasteiger partial charge in [-0.25, -0.2) is 0 Å². The van der Waals surface area contributed by atoms with Crippen molar-refractivity contribution in [2.45, 2.75) is 58.4 Å². The minimum absolute atomic E-state index is 0.279. The van der Waals surface area contributed by atoms with E-state index in [0.29, 0.717) is 11.3 Å². The van der Waals surface area contributed by atoms with Gasteiger partial charge in [-0.05, 0) is 35.3 Å². The third kappa shape index (κ3) is 2.60. The molecule has 0 heterocycles. The smallest absolute Gasteiger partial charge is 0.0513 e. The Morgan fingerprint density at radius 2 is 1.56 bits per heavy atom. The lowest BCUT2D eigenvalue weighted by molar-refractivity contribution is 0.225. The molecule has 1 aromatic rings. The van der Waals surface area contributed by atoms with Gasteiger partial charge in [0.1, 0.15) is 0 Å². The van der Waals surface area contributed by atoms with Crippen molar-refractivity contribution in [3.8, 4) is 0 Å². The number of benzene rings is 1. The van der Waals surface area contributed by atoms with Crippen molar-refractivity contribution < 1.29 is 0 Å². The number of hydrogen-bond acceptors (Lipinski definition) is 2. The first-order chi connectivity index (χ1) is 8.57. The van der Waals surface area contributed by atoms with E-state index in [2.05, 4.69) is 50.5 Å². The fourth-order valence-corrected chi connectivity index (χ4v) is 3.24. The standard InChI is InChI=1S/C16H26N2/c1-12(2)13-6-8-14(9-7-13)15(18-17)16(3)10-4-5-11-16/h6-9,12,15,18H,4-5,10-11,17H2,1-3H3. The quantitative estimate of drug-likeness (QED) is 0.624. The van der Waals surface area contributed by atoms with E-state index in [9.17, 15) is 0 Å². The van der Waals surface area contributed by atoms with Crippen LogP contribution >= 0.6 is 0 Å². The van der Waals surface area contributed by atoms with E-state index in [1.165, 1.54) is 36.8 Å². The summed E-state index contributed by atoms with van der Waals surface area (Å²) in [6.45, 7) is 6.82. The minimum Gasteiger partial charge on any atom is -0.271 e. The molecule has 1 atom stereocenters. The molecule has 0 spiro atoms. The summed E-state index contributed by atoms with van der Waals surface area (Å²) in [4.78, 5) is 0. The summed E-state index contributed by atoms with van der Waals surface area (Å²) in [7, 11) is 0. The van der Waals surface area contributed by atoms with Gasteiger partial charge in [0.15, 0.2) is 0 Å². The van der Waals surface area contributed by atoms with Gasteiger partial charge in [0.05, 0.1) is 6.04 Å². The summed E-state index contributed by atoms with van der Waals surface area (Å²) in [5.74, 6) is 6.41. The highest BCUT2D eigenvalue weighted by atomic mass is 15.2. The highest BCUT2D eigenvalue weighted by molar-refractivity contribution is 5.28. The van der Waals surface area contributed by atoms with Crippen LogP contribution in [0.1, 0.15) is 69.5 Å². The second-order valence-electron chi connectivity index (χ2n) is 6.28. The molecule has 0 radical (unpaired) electrons. The Hall–Kier alpha value is -0.860. The van der Waals surface area contributed by atoms with Gasteiger partial charge in [0.25, 0.3) is 0 Å². The predicted molar refractivity (Wildman–Crippen MR) is 77.2 cm³/mol. The molecule has 0 saturated heterocycles. The molecule has 0 amide bonds. The number of rotatable bonds is 4. The molecule has 2 rings (SSSR count). The van der Waals surface area contributed by atoms with Crippen molar-refractivity contribution in [1.29, 1.82) is 0 Å². The molecule has 18 heavy (non-hydrogen) atoms. The Labute approximate surface area is 111 Å². The highest BCUT2D eigenvalue weighted by Gasteiger charge is 2.37. The van der Waals surface area contributed by atoms with Gasteiger partial charge in [0, 0.05) is 0 Å². The third-order valence-corrected chi connectivity index (χ3v) is 4.55. The topological polar surface area (TPSA) is 38.0 Å². The van der Waals surface area contributed by atoms with E-state index in [1.54, 1.807) is 0 Å². The van der Waals surface area contributed by atoms with Gasteiger partial charge in [-0.1, -0.05) is 57.9 Å². The molecule has 0 bridgehead atoms. The Kier molecular flexibility index (Phi) is 4.08. The molecule has 1 fully saturated rings. The molecule has 1 unspecified atom stereocenters. The van der Waals surface area contributed by atoms with Crippen LogP contribution in [-0.4, -0.2) is 0 Å². The van der Waals surface area contributed by atoms with Gasteiger partial charge < -0.3 is 0 Å². The van der Waals surface area contributed by atoms with Gasteiger partial charge in [-0.3, -0.25) is 11.3 Å². The van der Waals surface area contributed by atoms with Gasteiger partial charge in [-0.2, -0.15) is 0 Å². The average Bonchev–Trinajstić information content (AvgIpc) is 2.78. The van der Waals surface area contributed by atoms with Crippen molar-refractivity contribution in [1.82, 2.24) is 5.43 Å². The van der Waals surface area contributed by atoms with Crippen LogP contribution in [0, 0.1) is 5.41 Å². The number of hydrazine groups is 1. The number of nitrogens with two attached hydrogens (primary N) is 1. The summed E-state index contributed by atoms with van der Waals surface area (Å²) in [5, 5.41) is 0. The maximum Gasteiger partial charge on any atom is 0.0513 e. The van der Waals surface area contributed by atoms with Crippen LogP contribution in [0.15, 0.2) is 24.3 Å². The molecule has 100 valence electrons. The summed E-state index contributed by atoms with van der Waals surface area (Å²) in [6.07, 6.45) is 5.21. The van der Waals surface area contributed by atoms with Crippen molar-refractivity contribution in [3.63, 3.8) is 0 Å². The van der Waals surface area contributed by atoms with Crippen LogP contribution in [-0.2, 0) is 0 Å². The molecular formula is C16H26N2. The minimum atomic E-state index is 0.279. The van der Waals surface area contributed by atoms with Gasteiger partial charge in [0.2, 0.25) is 0 Å². The van der Waals surface area contributed by atoms with E-state index >= 15 is 0 Å².